The Morgan fingerprint density at radius 1 is 1.31 bits per heavy atom. The molecule has 1 heterocycles. The van der Waals surface area contributed by atoms with Crippen LogP contribution in [0.5, 0.6) is 0 Å². The molecule has 7 heteroatoms. The zero-order valence-electron chi connectivity index (χ0n) is 16.0. The Morgan fingerprint density at radius 3 is 2.62 bits per heavy atom. The molecular weight excluding hydrogens is 334 g/mol. The number of rotatable bonds is 3. The second-order valence-electron chi connectivity index (χ2n) is 7.51. The predicted octanol–water partition coefficient (Wildman–Crippen LogP) is 2.31. The molecule has 0 saturated heterocycles. The van der Waals surface area contributed by atoms with Crippen LogP contribution in [0.3, 0.4) is 0 Å². The average molecular weight is 361 g/mol. The summed E-state index contributed by atoms with van der Waals surface area (Å²) in [7, 11) is 1.50. The first-order valence-corrected chi connectivity index (χ1v) is 8.73. The Kier molecular flexibility index (Phi) is 5.90. The van der Waals surface area contributed by atoms with E-state index in [2.05, 4.69) is 10.6 Å². The van der Waals surface area contributed by atoms with Crippen LogP contribution in [0.15, 0.2) is 24.3 Å². The lowest BCUT2D eigenvalue weighted by molar-refractivity contribution is -0.129. The van der Waals surface area contributed by atoms with E-state index in [0.29, 0.717) is 12.8 Å². The van der Waals surface area contributed by atoms with Gasteiger partial charge in [0, 0.05) is 12.7 Å². The molecule has 142 valence electrons. The van der Waals surface area contributed by atoms with E-state index in [4.69, 9.17) is 4.74 Å². The summed E-state index contributed by atoms with van der Waals surface area (Å²) in [5, 5.41) is 5.58. The summed E-state index contributed by atoms with van der Waals surface area (Å²) in [6.07, 6.45) is 0.589. The van der Waals surface area contributed by atoms with E-state index < -0.39 is 29.7 Å². The summed E-state index contributed by atoms with van der Waals surface area (Å²) in [6, 6.07) is 6.17. The number of amides is 3. The number of hydrogen-bond acceptors (Lipinski definition) is 4. The summed E-state index contributed by atoms with van der Waals surface area (Å²) in [4.78, 5) is 38.2. The summed E-state index contributed by atoms with van der Waals surface area (Å²) in [6.45, 7) is 6.88. The molecule has 1 aliphatic heterocycles. The fourth-order valence-electron chi connectivity index (χ4n) is 2.61. The number of ether oxygens (including phenoxy) is 1. The molecule has 2 unspecified atom stereocenters. The van der Waals surface area contributed by atoms with Crippen molar-refractivity contribution in [3.63, 3.8) is 0 Å². The fourth-order valence-corrected chi connectivity index (χ4v) is 2.61. The van der Waals surface area contributed by atoms with E-state index in [1.165, 1.54) is 11.9 Å². The van der Waals surface area contributed by atoms with Crippen LogP contribution in [0.1, 0.15) is 39.7 Å². The van der Waals surface area contributed by atoms with Crippen molar-refractivity contribution >= 4 is 23.6 Å². The third kappa shape index (κ3) is 4.97. The molecular formula is C19H27N3O4. The Morgan fingerprint density at radius 2 is 1.96 bits per heavy atom. The Balaban J connectivity index is 1.98. The van der Waals surface area contributed by atoms with E-state index in [1.54, 1.807) is 27.7 Å². The van der Waals surface area contributed by atoms with Crippen LogP contribution in [0, 0.1) is 0 Å². The van der Waals surface area contributed by atoms with Gasteiger partial charge in [-0.2, -0.15) is 0 Å². The standard InChI is InChI=1S/C19H27N3O4/c1-12(22(5)18(25)26-19(2,3)4)16(23)21-15-11-10-13-8-6-7-9-14(13)20-17(15)24/h6-9,12,15H,10-11H2,1-5H3,(H,20,24)(H,21,23). The lowest BCUT2D eigenvalue weighted by atomic mass is 10.1. The van der Waals surface area contributed by atoms with Crippen LogP contribution in [0.2, 0.25) is 0 Å². The lowest BCUT2D eigenvalue weighted by Gasteiger charge is -2.29. The highest BCUT2D eigenvalue weighted by Crippen LogP contribution is 2.21. The van der Waals surface area contributed by atoms with Crippen LogP contribution in [-0.4, -0.2) is 47.5 Å². The largest absolute Gasteiger partial charge is 0.444 e. The second kappa shape index (κ2) is 7.76. The van der Waals surface area contributed by atoms with E-state index in [9.17, 15) is 14.4 Å². The number of anilines is 1. The summed E-state index contributed by atoms with van der Waals surface area (Å²) < 4.78 is 5.27. The Hall–Kier alpha value is -2.57. The highest BCUT2D eigenvalue weighted by molar-refractivity contribution is 5.99. The van der Waals surface area contributed by atoms with Crippen molar-refractivity contribution in [1.29, 1.82) is 0 Å². The minimum absolute atomic E-state index is 0.254. The first-order valence-electron chi connectivity index (χ1n) is 8.73. The molecule has 2 N–H and O–H groups in total. The van der Waals surface area contributed by atoms with Gasteiger partial charge in [0.15, 0.2) is 0 Å². The molecule has 0 aliphatic carbocycles. The first kappa shape index (κ1) is 19.8. The molecule has 26 heavy (non-hydrogen) atoms. The molecule has 0 spiro atoms. The lowest BCUT2D eigenvalue weighted by Crippen LogP contribution is -2.52. The van der Waals surface area contributed by atoms with Crippen molar-refractivity contribution in [3.05, 3.63) is 29.8 Å². The minimum atomic E-state index is -0.761. The van der Waals surface area contributed by atoms with Gasteiger partial charge in [0.25, 0.3) is 0 Å². The van der Waals surface area contributed by atoms with Crippen LogP contribution in [-0.2, 0) is 20.7 Å². The molecule has 0 aromatic heterocycles. The van der Waals surface area contributed by atoms with Gasteiger partial charge in [-0.1, -0.05) is 18.2 Å². The zero-order chi connectivity index (χ0) is 19.5. The van der Waals surface area contributed by atoms with Crippen molar-refractivity contribution in [1.82, 2.24) is 10.2 Å². The summed E-state index contributed by atoms with van der Waals surface area (Å²) >= 11 is 0. The van der Waals surface area contributed by atoms with Gasteiger partial charge in [0.1, 0.15) is 17.7 Å². The van der Waals surface area contributed by atoms with Gasteiger partial charge in [0.05, 0.1) is 0 Å². The van der Waals surface area contributed by atoms with Crippen LogP contribution in [0.25, 0.3) is 0 Å². The Labute approximate surface area is 154 Å². The van der Waals surface area contributed by atoms with Crippen LogP contribution in [0.4, 0.5) is 10.5 Å². The first-order chi connectivity index (χ1) is 12.1. The highest BCUT2D eigenvalue weighted by Gasteiger charge is 2.30. The number of carbonyl (C=O) groups excluding carboxylic acids is 3. The van der Waals surface area contributed by atoms with Gasteiger partial charge in [-0.3, -0.25) is 14.5 Å². The molecule has 7 nitrogen and oxygen atoms in total. The van der Waals surface area contributed by atoms with E-state index in [1.807, 2.05) is 24.3 Å². The van der Waals surface area contributed by atoms with Gasteiger partial charge in [-0.25, -0.2) is 4.79 Å². The van der Waals surface area contributed by atoms with Crippen LogP contribution < -0.4 is 10.6 Å². The van der Waals surface area contributed by atoms with Crippen molar-refractivity contribution in [3.8, 4) is 0 Å². The van der Waals surface area contributed by atoms with Gasteiger partial charge in [-0.15, -0.1) is 0 Å². The van der Waals surface area contributed by atoms with Crippen molar-refractivity contribution in [2.45, 2.75) is 58.2 Å². The molecule has 0 bridgehead atoms. The second-order valence-corrected chi connectivity index (χ2v) is 7.51. The van der Waals surface area contributed by atoms with Gasteiger partial charge in [0.2, 0.25) is 11.8 Å². The highest BCUT2D eigenvalue weighted by atomic mass is 16.6. The SMILES string of the molecule is CC(C(=O)NC1CCc2ccccc2NC1=O)N(C)C(=O)OC(C)(C)C. The van der Waals surface area contributed by atoms with Gasteiger partial charge < -0.3 is 15.4 Å². The molecule has 1 aromatic rings. The third-order valence-electron chi connectivity index (χ3n) is 4.25. The molecule has 0 saturated carbocycles. The van der Waals surface area contributed by atoms with Crippen molar-refractivity contribution in [2.75, 3.05) is 12.4 Å². The number of nitrogens with zero attached hydrogens (tertiary/aromatic N) is 1. The summed E-state index contributed by atoms with van der Waals surface area (Å²) in [5.74, 6) is -0.653. The molecule has 2 rings (SSSR count). The molecule has 3 amide bonds. The maximum Gasteiger partial charge on any atom is 0.410 e. The van der Waals surface area contributed by atoms with Crippen LogP contribution >= 0.6 is 0 Å². The minimum Gasteiger partial charge on any atom is -0.444 e. The fraction of sp³-hybridized carbons (Fsp3) is 0.526. The van der Waals surface area contributed by atoms with Gasteiger partial charge in [-0.05, 0) is 52.2 Å². The van der Waals surface area contributed by atoms with E-state index in [0.717, 1.165) is 11.3 Å². The van der Waals surface area contributed by atoms with Crippen molar-refractivity contribution < 1.29 is 19.1 Å². The molecule has 1 aliphatic rings. The average Bonchev–Trinajstić information content (AvgIpc) is 2.71. The smallest absolute Gasteiger partial charge is 0.410 e. The van der Waals surface area contributed by atoms with Gasteiger partial charge >= 0.3 is 6.09 Å². The zero-order valence-corrected chi connectivity index (χ0v) is 16.0. The molecule has 0 radical (unpaired) electrons. The topological polar surface area (TPSA) is 87.7 Å². The number of para-hydroxylation sites is 1. The predicted molar refractivity (Wildman–Crippen MR) is 98.8 cm³/mol. The van der Waals surface area contributed by atoms with Crippen molar-refractivity contribution in [2.24, 2.45) is 0 Å². The Bertz CT molecular complexity index is 696. The molecule has 2 atom stereocenters. The number of carbonyl (C=O) groups is 3. The number of fused-ring (bicyclic) bond motifs is 1. The van der Waals surface area contributed by atoms with E-state index >= 15 is 0 Å². The molecule has 1 aromatic carbocycles. The molecule has 0 fully saturated rings. The number of nitrogens with one attached hydrogen (secondary N) is 2. The third-order valence-corrected chi connectivity index (χ3v) is 4.25. The number of hydrogen-bond donors (Lipinski definition) is 2. The number of likely N-dealkylation sites (N-methyl/N-ethyl adjacent to an activating group) is 1. The maximum atomic E-state index is 12.5. The van der Waals surface area contributed by atoms with E-state index in [-0.39, 0.29) is 5.91 Å². The normalized spacial score (nSPS) is 18.0. The quantitative estimate of drug-likeness (QED) is 0.865. The summed E-state index contributed by atoms with van der Waals surface area (Å²) in [5.41, 5.74) is 1.17. The number of aryl methyl sites for hydroxylation is 1. The maximum absolute atomic E-state index is 12.5. The monoisotopic (exact) mass is 361 g/mol. The number of benzene rings is 1.